The third-order valence-electron chi connectivity index (χ3n) is 6.38. The van der Waals surface area contributed by atoms with Gasteiger partial charge in [0.2, 0.25) is 0 Å². The van der Waals surface area contributed by atoms with Crippen LogP contribution >= 0.6 is 0 Å². The summed E-state index contributed by atoms with van der Waals surface area (Å²) >= 11 is 0. The van der Waals surface area contributed by atoms with Crippen molar-refractivity contribution < 1.29 is 31.9 Å². The SMILES string of the molecule is CCN(CC)C(=O)Oc1ccc2c(ccn2Cc2ccc(C)cc2)c1NC(=O)c1ccc(C(F)(F)F)c(F)c1. The molecule has 204 valence electrons. The topological polar surface area (TPSA) is 63.6 Å². The molecule has 0 radical (unpaired) electrons. The molecule has 39 heavy (non-hydrogen) atoms. The number of hydrogen-bond donors (Lipinski definition) is 1. The second kappa shape index (κ2) is 11.2. The van der Waals surface area contributed by atoms with Gasteiger partial charge in [0.1, 0.15) is 5.82 Å². The molecule has 4 rings (SSSR count). The fourth-order valence-corrected chi connectivity index (χ4v) is 4.21. The van der Waals surface area contributed by atoms with Crippen LogP contribution in [-0.2, 0) is 12.7 Å². The Morgan fingerprint density at radius 2 is 1.67 bits per heavy atom. The van der Waals surface area contributed by atoms with Crippen molar-refractivity contribution in [2.45, 2.75) is 33.5 Å². The van der Waals surface area contributed by atoms with Crippen molar-refractivity contribution in [3.05, 3.63) is 94.9 Å². The molecule has 0 aliphatic rings. The summed E-state index contributed by atoms with van der Waals surface area (Å²) in [5.41, 5.74) is 1.23. The molecule has 0 aliphatic heterocycles. The molecule has 0 saturated heterocycles. The lowest BCUT2D eigenvalue weighted by atomic mass is 10.1. The van der Waals surface area contributed by atoms with E-state index in [1.54, 1.807) is 32.0 Å². The van der Waals surface area contributed by atoms with E-state index in [-0.39, 0.29) is 17.0 Å². The maximum atomic E-state index is 14.2. The van der Waals surface area contributed by atoms with Crippen LogP contribution in [0.2, 0.25) is 0 Å². The number of fused-ring (bicyclic) bond motifs is 1. The lowest BCUT2D eigenvalue weighted by Crippen LogP contribution is -2.33. The summed E-state index contributed by atoms with van der Waals surface area (Å²) < 4.78 is 60.7. The van der Waals surface area contributed by atoms with Gasteiger partial charge in [-0.15, -0.1) is 0 Å². The molecule has 0 unspecified atom stereocenters. The van der Waals surface area contributed by atoms with Crippen molar-refractivity contribution in [3.63, 3.8) is 0 Å². The van der Waals surface area contributed by atoms with E-state index in [1.807, 2.05) is 42.0 Å². The van der Waals surface area contributed by atoms with Crippen molar-refractivity contribution in [2.24, 2.45) is 0 Å². The van der Waals surface area contributed by atoms with Gasteiger partial charge in [-0.3, -0.25) is 4.79 Å². The molecular weight excluding hydrogens is 514 g/mol. The average molecular weight is 542 g/mol. The van der Waals surface area contributed by atoms with Crippen LogP contribution in [0.3, 0.4) is 0 Å². The highest BCUT2D eigenvalue weighted by molar-refractivity contribution is 6.10. The van der Waals surface area contributed by atoms with E-state index < -0.39 is 29.6 Å². The number of alkyl halides is 3. The first-order valence-corrected chi connectivity index (χ1v) is 12.3. The third kappa shape index (κ3) is 6.05. The van der Waals surface area contributed by atoms with Gasteiger partial charge in [0.15, 0.2) is 5.75 Å². The van der Waals surface area contributed by atoms with E-state index in [4.69, 9.17) is 4.74 Å². The molecule has 3 aromatic carbocycles. The molecule has 1 heterocycles. The smallest absolute Gasteiger partial charge is 0.408 e. The van der Waals surface area contributed by atoms with Gasteiger partial charge in [-0.2, -0.15) is 13.2 Å². The summed E-state index contributed by atoms with van der Waals surface area (Å²) in [7, 11) is 0. The molecular formula is C29H27F4N3O3. The number of halogens is 4. The zero-order chi connectivity index (χ0) is 28.3. The minimum absolute atomic E-state index is 0.0493. The first kappa shape index (κ1) is 27.7. The number of nitrogens with one attached hydrogen (secondary N) is 1. The number of carbonyl (C=O) groups is 2. The maximum absolute atomic E-state index is 14.2. The number of hydrogen-bond acceptors (Lipinski definition) is 3. The minimum Gasteiger partial charge on any atom is -0.408 e. The summed E-state index contributed by atoms with van der Waals surface area (Å²) in [6, 6.07) is 15.0. The Labute approximate surface area is 222 Å². The molecule has 6 nitrogen and oxygen atoms in total. The van der Waals surface area contributed by atoms with Crippen LogP contribution in [-0.4, -0.2) is 34.6 Å². The van der Waals surface area contributed by atoms with E-state index in [0.717, 1.165) is 17.2 Å². The highest BCUT2D eigenvalue weighted by Gasteiger charge is 2.34. The first-order chi connectivity index (χ1) is 18.5. The molecule has 0 atom stereocenters. The summed E-state index contributed by atoms with van der Waals surface area (Å²) in [4.78, 5) is 27.2. The summed E-state index contributed by atoms with van der Waals surface area (Å²) in [5.74, 6) is -2.37. The normalized spacial score (nSPS) is 11.5. The Morgan fingerprint density at radius 1 is 0.974 bits per heavy atom. The molecule has 1 aromatic heterocycles. The Hall–Kier alpha value is -4.34. The van der Waals surface area contributed by atoms with Crippen molar-refractivity contribution in [1.29, 1.82) is 0 Å². The molecule has 0 fully saturated rings. The zero-order valence-corrected chi connectivity index (χ0v) is 21.6. The predicted octanol–water partition coefficient (Wildman–Crippen LogP) is 7.25. The van der Waals surface area contributed by atoms with E-state index in [9.17, 15) is 27.2 Å². The fraction of sp³-hybridized carbons (Fsp3) is 0.241. The number of rotatable bonds is 7. The van der Waals surface area contributed by atoms with Crippen LogP contribution in [0.25, 0.3) is 10.9 Å². The number of benzene rings is 3. The quantitative estimate of drug-likeness (QED) is 0.251. The van der Waals surface area contributed by atoms with Crippen molar-refractivity contribution in [3.8, 4) is 5.75 Å². The highest BCUT2D eigenvalue weighted by Crippen LogP contribution is 2.36. The van der Waals surface area contributed by atoms with Crippen LogP contribution in [0.4, 0.5) is 28.0 Å². The van der Waals surface area contributed by atoms with Gasteiger partial charge in [0.05, 0.1) is 16.8 Å². The second-order valence-electron chi connectivity index (χ2n) is 8.99. The number of anilines is 1. The van der Waals surface area contributed by atoms with Crippen molar-refractivity contribution >= 4 is 28.6 Å². The Morgan fingerprint density at radius 3 is 2.28 bits per heavy atom. The van der Waals surface area contributed by atoms with Gasteiger partial charge in [0, 0.05) is 36.8 Å². The molecule has 2 amide bonds. The van der Waals surface area contributed by atoms with E-state index >= 15 is 0 Å². The number of nitrogens with zero attached hydrogens (tertiary/aromatic N) is 2. The molecule has 0 spiro atoms. The van der Waals surface area contributed by atoms with Gasteiger partial charge < -0.3 is 19.5 Å². The van der Waals surface area contributed by atoms with Gasteiger partial charge >= 0.3 is 12.3 Å². The molecule has 1 N–H and O–H groups in total. The lowest BCUT2D eigenvalue weighted by molar-refractivity contribution is -0.140. The Balaban J connectivity index is 1.73. The van der Waals surface area contributed by atoms with Crippen LogP contribution in [0, 0.1) is 12.7 Å². The number of ether oxygens (including phenoxy) is 1. The first-order valence-electron chi connectivity index (χ1n) is 12.3. The molecule has 0 saturated carbocycles. The van der Waals surface area contributed by atoms with Crippen LogP contribution < -0.4 is 10.1 Å². The van der Waals surface area contributed by atoms with Crippen LogP contribution in [0.1, 0.15) is 40.9 Å². The minimum atomic E-state index is -4.89. The van der Waals surface area contributed by atoms with Crippen LogP contribution in [0.5, 0.6) is 5.75 Å². The number of aromatic nitrogens is 1. The van der Waals surface area contributed by atoms with Crippen LogP contribution in [0.15, 0.2) is 66.9 Å². The number of amides is 2. The second-order valence-corrected chi connectivity index (χ2v) is 8.99. The monoisotopic (exact) mass is 541 g/mol. The molecule has 4 aromatic rings. The Kier molecular flexibility index (Phi) is 7.94. The number of aryl methyl sites for hydroxylation is 1. The van der Waals surface area contributed by atoms with Crippen molar-refractivity contribution in [2.75, 3.05) is 18.4 Å². The predicted molar refractivity (Wildman–Crippen MR) is 141 cm³/mol. The van der Waals surface area contributed by atoms with E-state index in [1.165, 1.54) is 4.90 Å². The van der Waals surface area contributed by atoms with E-state index in [0.29, 0.717) is 42.7 Å². The van der Waals surface area contributed by atoms with Gasteiger partial charge in [-0.1, -0.05) is 29.8 Å². The molecule has 10 heteroatoms. The standard InChI is InChI=1S/C29H27F4N3O3/c1-4-35(5-2)28(38)39-25-13-12-24-21(14-15-36(24)17-19-8-6-18(3)7-9-19)26(25)34-27(37)20-10-11-22(23(30)16-20)29(31,32)33/h6-16H,4-5,17H2,1-3H3,(H,34,37). The van der Waals surface area contributed by atoms with E-state index in [2.05, 4.69) is 5.32 Å². The van der Waals surface area contributed by atoms with Gasteiger partial charge in [-0.25, -0.2) is 9.18 Å². The summed E-state index contributed by atoms with van der Waals surface area (Å²) in [6.07, 6.45) is -3.71. The highest BCUT2D eigenvalue weighted by atomic mass is 19.4. The summed E-state index contributed by atoms with van der Waals surface area (Å²) in [6.45, 7) is 6.91. The molecule has 0 aliphatic carbocycles. The Bertz CT molecular complexity index is 1510. The maximum Gasteiger partial charge on any atom is 0.419 e. The summed E-state index contributed by atoms with van der Waals surface area (Å²) in [5, 5.41) is 3.16. The fourth-order valence-electron chi connectivity index (χ4n) is 4.21. The molecule has 0 bridgehead atoms. The number of carbonyl (C=O) groups excluding carboxylic acids is 2. The largest absolute Gasteiger partial charge is 0.419 e. The third-order valence-corrected chi connectivity index (χ3v) is 6.38. The zero-order valence-electron chi connectivity index (χ0n) is 21.6. The van der Waals surface area contributed by atoms with Gasteiger partial charge in [-0.05, 0) is 62.7 Å². The average Bonchev–Trinajstić information content (AvgIpc) is 3.29. The van der Waals surface area contributed by atoms with Crippen molar-refractivity contribution in [1.82, 2.24) is 9.47 Å². The van der Waals surface area contributed by atoms with Gasteiger partial charge in [0.25, 0.3) is 5.91 Å². The lowest BCUT2D eigenvalue weighted by Gasteiger charge is -2.20.